The van der Waals surface area contributed by atoms with E-state index in [0.717, 1.165) is 38.1 Å². The van der Waals surface area contributed by atoms with Gasteiger partial charge in [0.05, 0.1) is 0 Å². The first-order valence-corrected chi connectivity index (χ1v) is 7.06. The van der Waals surface area contributed by atoms with Crippen molar-refractivity contribution in [2.24, 2.45) is 17.8 Å². The van der Waals surface area contributed by atoms with Gasteiger partial charge >= 0.3 is 0 Å². The predicted molar refractivity (Wildman–Crippen MR) is 71.8 cm³/mol. The Labute approximate surface area is 105 Å². The fourth-order valence-electron chi connectivity index (χ4n) is 2.13. The average Bonchev–Trinajstić information content (AvgIpc) is 2.39. The molecule has 2 unspecified atom stereocenters. The van der Waals surface area contributed by atoms with Crippen molar-refractivity contribution < 1.29 is 4.79 Å². The summed E-state index contributed by atoms with van der Waals surface area (Å²) in [6, 6.07) is 0. The lowest BCUT2D eigenvalue weighted by Gasteiger charge is -2.28. The van der Waals surface area contributed by atoms with Crippen molar-refractivity contribution in [2.75, 3.05) is 18.8 Å². The number of thiol groups is 1. The number of carbonyl (C=O) groups is 1. The molecule has 0 aromatic rings. The standard InChI is InChI=1S/C13H25NOS/c1-10(2)12(9-16)8-14-7-6-11(3)4-5-13(14)15/h10-12,16H,4-9H2,1-3H3. The Bertz CT molecular complexity index is 230. The third-order valence-electron chi connectivity index (χ3n) is 3.73. The summed E-state index contributed by atoms with van der Waals surface area (Å²) in [6.07, 6.45) is 2.95. The topological polar surface area (TPSA) is 20.3 Å². The van der Waals surface area contributed by atoms with Crippen LogP contribution in [-0.2, 0) is 4.79 Å². The molecule has 0 N–H and O–H groups in total. The van der Waals surface area contributed by atoms with Crippen LogP contribution in [0.3, 0.4) is 0 Å². The van der Waals surface area contributed by atoms with Gasteiger partial charge in [-0.1, -0.05) is 20.8 Å². The number of hydrogen-bond donors (Lipinski definition) is 1. The molecule has 3 heteroatoms. The van der Waals surface area contributed by atoms with Gasteiger partial charge in [0.15, 0.2) is 0 Å². The van der Waals surface area contributed by atoms with Gasteiger partial charge in [0, 0.05) is 19.5 Å². The SMILES string of the molecule is CC1CCC(=O)N(CC(CS)C(C)C)CC1. The second-order valence-corrected chi connectivity index (χ2v) is 5.82. The van der Waals surface area contributed by atoms with Crippen LogP contribution in [0.4, 0.5) is 0 Å². The van der Waals surface area contributed by atoms with Crippen molar-refractivity contribution in [3.63, 3.8) is 0 Å². The van der Waals surface area contributed by atoms with E-state index in [1.807, 2.05) is 0 Å². The van der Waals surface area contributed by atoms with Crippen LogP contribution in [0, 0.1) is 17.8 Å². The zero-order valence-corrected chi connectivity index (χ0v) is 11.7. The summed E-state index contributed by atoms with van der Waals surface area (Å²) < 4.78 is 0. The van der Waals surface area contributed by atoms with Gasteiger partial charge in [-0.25, -0.2) is 0 Å². The Kier molecular flexibility index (Phi) is 5.67. The molecular formula is C13H25NOS. The van der Waals surface area contributed by atoms with Crippen molar-refractivity contribution in [1.82, 2.24) is 4.90 Å². The fraction of sp³-hybridized carbons (Fsp3) is 0.923. The summed E-state index contributed by atoms with van der Waals surface area (Å²) in [5.74, 6) is 3.04. The summed E-state index contributed by atoms with van der Waals surface area (Å²) >= 11 is 4.39. The Morgan fingerprint density at radius 2 is 2.12 bits per heavy atom. The highest BCUT2D eigenvalue weighted by Gasteiger charge is 2.23. The molecule has 1 aliphatic heterocycles. The first kappa shape index (κ1) is 13.9. The molecule has 0 aromatic carbocycles. The van der Waals surface area contributed by atoms with E-state index in [0.29, 0.717) is 23.7 Å². The van der Waals surface area contributed by atoms with E-state index in [-0.39, 0.29) is 0 Å². The summed E-state index contributed by atoms with van der Waals surface area (Å²) in [5, 5.41) is 0. The predicted octanol–water partition coefficient (Wildman–Crippen LogP) is 2.84. The number of rotatable bonds is 4. The summed E-state index contributed by atoms with van der Waals surface area (Å²) in [6.45, 7) is 8.51. The second kappa shape index (κ2) is 6.53. The molecule has 0 aliphatic carbocycles. The smallest absolute Gasteiger partial charge is 0.222 e. The van der Waals surface area contributed by atoms with E-state index in [1.165, 1.54) is 0 Å². The number of carbonyl (C=O) groups excluding carboxylic acids is 1. The number of nitrogens with zero attached hydrogens (tertiary/aromatic N) is 1. The van der Waals surface area contributed by atoms with Gasteiger partial charge in [0.2, 0.25) is 5.91 Å². The first-order valence-electron chi connectivity index (χ1n) is 6.43. The fourth-order valence-corrected chi connectivity index (χ4v) is 2.67. The Morgan fingerprint density at radius 3 is 2.69 bits per heavy atom. The summed E-state index contributed by atoms with van der Waals surface area (Å²) in [7, 11) is 0. The maximum absolute atomic E-state index is 11.9. The molecule has 1 rings (SSSR count). The highest BCUT2D eigenvalue weighted by Crippen LogP contribution is 2.21. The lowest BCUT2D eigenvalue weighted by Crippen LogP contribution is -2.37. The molecule has 1 fully saturated rings. The largest absolute Gasteiger partial charge is 0.342 e. The van der Waals surface area contributed by atoms with Crippen molar-refractivity contribution in [2.45, 2.75) is 40.0 Å². The molecule has 0 spiro atoms. The van der Waals surface area contributed by atoms with E-state index >= 15 is 0 Å². The molecular weight excluding hydrogens is 218 g/mol. The van der Waals surface area contributed by atoms with Gasteiger partial charge in [-0.05, 0) is 36.3 Å². The van der Waals surface area contributed by atoms with Crippen LogP contribution in [0.5, 0.6) is 0 Å². The molecule has 0 aromatic heterocycles. The van der Waals surface area contributed by atoms with Crippen LogP contribution in [-0.4, -0.2) is 29.6 Å². The quantitative estimate of drug-likeness (QED) is 0.753. The van der Waals surface area contributed by atoms with Crippen LogP contribution in [0.1, 0.15) is 40.0 Å². The van der Waals surface area contributed by atoms with E-state index in [2.05, 4.69) is 38.3 Å². The highest BCUT2D eigenvalue weighted by molar-refractivity contribution is 7.80. The van der Waals surface area contributed by atoms with E-state index < -0.39 is 0 Å². The minimum Gasteiger partial charge on any atom is -0.342 e. The van der Waals surface area contributed by atoms with Crippen LogP contribution in [0.15, 0.2) is 0 Å². The van der Waals surface area contributed by atoms with Crippen LogP contribution < -0.4 is 0 Å². The molecule has 1 aliphatic rings. The van der Waals surface area contributed by atoms with Crippen molar-refractivity contribution in [3.8, 4) is 0 Å². The molecule has 0 bridgehead atoms. The van der Waals surface area contributed by atoms with Gasteiger partial charge in [-0.15, -0.1) is 0 Å². The van der Waals surface area contributed by atoms with Crippen LogP contribution in [0.25, 0.3) is 0 Å². The third-order valence-corrected chi connectivity index (χ3v) is 4.20. The van der Waals surface area contributed by atoms with Gasteiger partial charge in [0.25, 0.3) is 0 Å². The van der Waals surface area contributed by atoms with Crippen LogP contribution in [0.2, 0.25) is 0 Å². The normalized spacial score (nSPS) is 24.7. The molecule has 0 radical (unpaired) electrons. The van der Waals surface area contributed by atoms with Crippen molar-refractivity contribution >= 4 is 18.5 Å². The Balaban J connectivity index is 2.53. The molecule has 1 saturated heterocycles. The van der Waals surface area contributed by atoms with Crippen molar-refractivity contribution in [1.29, 1.82) is 0 Å². The lowest BCUT2D eigenvalue weighted by molar-refractivity contribution is -0.131. The average molecular weight is 243 g/mol. The van der Waals surface area contributed by atoms with Crippen LogP contribution >= 0.6 is 12.6 Å². The highest BCUT2D eigenvalue weighted by atomic mass is 32.1. The third kappa shape index (κ3) is 4.00. The van der Waals surface area contributed by atoms with E-state index in [9.17, 15) is 4.79 Å². The van der Waals surface area contributed by atoms with Gasteiger partial charge < -0.3 is 4.90 Å². The molecule has 16 heavy (non-hydrogen) atoms. The molecule has 94 valence electrons. The van der Waals surface area contributed by atoms with Gasteiger partial charge in [-0.2, -0.15) is 12.6 Å². The van der Waals surface area contributed by atoms with E-state index in [1.54, 1.807) is 0 Å². The molecule has 0 saturated carbocycles. The zero-order chi connectivity index (χ0) is 12.1. The van der Waals surface area contributed by atoms with Gasteiger partial charge in [0.1, 0.15) is 0 Å². The summed E-state index contributed by atoms with van der Waals surface area (Å²) in [4.78, 5) is 14.0. The molecule has 2 atom stereocenters. The minimum absolute atomic E-state index is 0.344. The molecule has 1 heterocycles. The second-order valence-electron chi connectivity index (χ2n) is 5.46. The maximum Gasteiger partial charge on any atom is 0.222 e. The number of amides is 1. The zero-order valence-electron chi connectivity index (χ0n) is 10.8. The van der Waals surface area contributed by atoms with Crippen molar-refractivity contribution in [3.05, 3.63) is 0 Å². The van der Waals surface area contributed by atoms with Gasteiger partial charge in [-0.3, -0.25) is 4.79 Å². The monoisotopic (exact) mass is 243 g/mol. The Morgan fingerprint density at radius 1 is 1.44 bits per heavy atom. The lowest BCUT2D eigenvalue weighted by atomic mass is 9.97. The van der Waals surface area contributed by atoms with E-state index in [4.69, 9.17) is 0 Å². The maximum atomic E-state index is 11.9. The molecule has 1 amide bonds. The molecule has 2 nitrogen and oxygen atoms in total. The summed E-state index contributed by atoms with van der Waals surface area (Å²) in [5.41, 5.74) is 0. The minimum atomic E-state index is 0.344. The Hall–Kier alpha value is -0.180. The number of hydrogen-bond acceptors (Lipinski definition) is 2. The number of likely N-dealkylation sites (tertiary alicyclic amines) is 1. The first-order chi connectivity index (χ1) is 7.54.